The highest BCUT2D eigenvalue weighted by Crippen LogP contribution is 2.26. The molecular formula is C20H24N2O2. The topological polar surface area (TPSA) is 51.1 Å². The second-order valence-corrected chi connectivity index (χ2v) is 6.88. The molecule has 4 nitrogen and oxygen atoms in total. The number of fused-ring (bicyclic) bond motifs is 1. The highest BCUT2D eigenvalue weighted by atomic mass is 16.2. The van der Waals surface area contributed by atoms with Gasteiger partial charge in [-0.3, -0.25) is 9.59 Å². The Bertz CT molecular complexity index is 770. The summed E-state index contributed by atoms with van der Waals surface area (Å²) in [6.45, 7) is 6.47. The zero-order chi connectivity index (χ0) is 17.3. The van der Waals surface area contributed by atoms with Crippen molar-refractivity contribution in [2.24, 2.45) is 0 Å². The third kappa shape index (κ3) is 3.28. The lowest BCUT2D eigenvalue weighted by Gasteiger charge is -2.17. The molecule has 24 heavy (non-hydrogen) atoms. The summed E-state index contributed by atoms with van der Waals surface area (Å²) >= 11 is 0. The molecule has 0 atom stereocenters. The molecule has 126 valence electrons. The van der Waals surface area contributed by atoms with Crippen molar-refractivity contribution in [2.45, 2.75) is 52.6 Å². The second kappa shape index (κ2) is 6.63. The Morgan fingerprint density at radius 2 is 1.92 bits per heavy atom. The van der Waals surface area contributed by atoms with E-state index in [0.29, 0.717) is 18.7 Å². The third-order valence-corrected chi connectivity index (χ3v) is 4.40. The van der Waals surface area contributed by atoms with Crippen LogP contribution in [0.4, 0.5) is 0 Å². The first-order valence-electron chi connectivity index (χ1n) is 8.57. The van der Waals surface area contributed by atoms with Crippen LogP contribution < -0.4 is 5.32 Å². The number of ketones is 1. The lowest BCUT2D eigenvalue weighted by Crippen LogP contribution is -2.32. The van der Waals surface area contributed by atoms with Crippen LogP contribution >= 0.6 is 0 Å². The standard InChI is InChI=1S/C20H24N2O2/c1-13(2)21-20(24)17-11-16-5-4-6-18(23)19(16)22(17)12-15-9-7-14(3)8-10-15/h7-11,13H,4-6,12H2,1-3H3,(H,21,24). The van der Waals surface area contributed by atoms with Crippen LogP contribution in [0.15, 0.2) is 30.3 Å². The number of hydrogen-bond acceptors (Lipinski definition) is 2. The van der Waals surface area contributed by atoms with Crippen LogP contribution in [-0.2, 0) is 13.0 Å². The monoisotopic (exact) mass is 324 g/mol. The summed E-state index contributed by atoms with van der Waals surface area (Å²) in [6.07, 6.45) is 2.30. The van der Waals surface area contributed by atoms with Gasteiger partial charge in [0, 0.05) is 19.0 Å². The molecule has 0 spiro atoms. The van der Waals surface area contributed by atoms with Gasteiger partial charge in [0.1, 0.15) is 5.69 Å². The fraction of sp³-hybridized carbons (Fsp3) is 0.400. The van der Waals surface area contributed by atoms with Crippen molar-refractivity contribution in [3.63, 3.8) is 0 Å². The Morgan fingerprint density at radius 3 is 2.58 bits per heavy atom. The van der Waals surface area contributed by atoms with E-state index < -0.39 is 0 Å². The van der Waals surface area contributed by atoms with E-state index in [2.05, 4.69) is 29.6 Å². The van der Waals surface area contributed by atoms with Crippen molar-refractivity contribution in [1.82, 2.24) is 9.88 Å². The molecule has 0 saturated carbocycles. The number of hydrogen-bond donors (Lipinski definition) is 1. The molecule has 0 radical (unpaired) electrons. The Labute approximate surface area is 142 Å². The maximum atomic E-state index is 12.6. The van der Waals surface area contributed by atoms with Crippen LogP contribution in [0, 0.1) is 6.92 Å². The van der Waals surface area contributed by atoms with Gasteiger partial charge in [0.25, 0.3) is 5.91 Å². The van der Waals surface area contributed by atoms with Crippen molar-refractivity contribution < 1.29 is 9.59 Å². The third-order valence-electron chi connectivity index (χ3n) is 4.40. The Hall–Kier alpha value is -2.36. The Morgan fingerprint density at radius 1 is 1.21 bits per heavy atom. The fourth-order valence-corrected chi connectivity index (χ4v) is 3.25. The van der Waals surface area contributed by atoms with Gasteiger partial charge in [-0.25, -0.2) is 0 Å². The number of benzene rings is 1. The summed E-state index contributed by atoms with van der Waals surface area (Å²) in [7, 11) is 0. The molecule has 1 amide bonds. The van der Waals surface area contributed by atoms with E-state index in [-0.39, 0.29) is 17.7 Å². The second-order valence-electron chi connectivity index (χ2n) is 6.88. The number of aryl methyl sites for hydroxylation is 2. The molecule has 1 heterocycles. The van der Waals surface area contributed by atoms with Crippen LogP contribution in [0.3, 0.4) is 0 Å². The molecule has 1 N–H and O–H groups in total. The zero-order valence-electron chi connectivity index (χ0n) is 14.6. The summed E-state index contributed by atoms with van der Waals surface area (Å²) < 4.78 is 1.90. The van der Waals surface area contributed by atoms with Crippen molar-refractivity contribution >= 4 is 11.7 Å². The predicted octanol–water partition coefficient (Wildman–Crippen LogP) is 3.50. The average molecular weight is 324 g/mol. The first-order valence-corrected chi connectivity index (χ1v) is 8.57. The maximum Gasteiger partial charge on any atom is 0.268 e. The van der Waals surface area contributed by atoms with Crippen molar-refractivity contribution in [3.05, 3.63) is 58.4 Å². The quantitative estimate of drug-likeness (QED) is 0.936. The smallest absolute Gasteiger partial charge is 0.268 e. The summed E-state index contributed by atoms with van der Waals surface area (Å²) in [5.74, 6) is 0.0336. The van der Waals surface area contributed by atoms with Gasteiger partial charge in [0.2, 0.25) is 0 Å². The summed E-state index contributed by atoms with van der Waals surface area (Å²) in [4.78, 5) is 25.1. The molecule has 0 unspecified atom stereocenters. The number of amides is 1. The Balaban J connectivity index is 2.03. The molecule has 3 rings (SSSR count). The first kappa shape index (κ1) is 16.5. The number of Topliss-reactive ketones (excluding diaryl/α,β-unsaturated/α-hetero) is 1. The molecule has 2 aromatic rings. The molecule has 0 aliphatic heterocycles. The van der Waals surface area contributed by atoms with E-state index >= 15 is 0 Å². The van der Waals surface area contributed by atoms with E-state index in [9.17, 15) is 9.59 Å². The van der Waals surface area contributed by atoms with Gasteiger partial charge >= 0.3 is 0 Å². The molecule has 4 heteroatoms. The van der Waals surface area contributed by atoms with E-state index in [1.165, 1.54) is 5.56 Å². The maximum absolute atomic E-state index is 12.6. The number of rotatable bonds is 4. The highest BCUT2D eigenvalue weighted by molar-refractivity contribution is 6.01. The zero-order valence-corrected chi connectivity index (χ0v) is 14.6. The lowest BCUT2D eigenvalue weighted by atomic mass is 9.97. The molecule has 0 saturated heterocycles. The molecular weight excluding hydrogens is 300 g/mol. The summed E-state index contributed by atoms with van der Waals surface area (Å²) in [5.41, 5.74) is 4.60. The summed E-state index contributed by atoms with van der Waals surface area (Å²) in [5, 5.41) is 2.95. The lowest BCUT2D eigenvalue weighted by molar-refractivity contribution is 0.0933. The molecule has 0 fully saturated rings. The van der Waals surface area contributed by atoms with Gasteiger partial charge in [-0.1, -0.05) is 29.8 Å². The van der Waals surface area contributed by atoms with E-state index in [4.69, 9.17) is 0 Å². The van der Waals surface area contributed by atoms with Crippen molar-refractivity contribution in [2.75, 3.05) is 0 Å². The van der Waals surface area contributed by atoms with E-state index in [1.54, 1.807) is 0 Å². The van der Waals surface area contributed by atoms with Gasteiger partial charge in [0.15, 0.2) is 5.78 Å². The average Bonchev–Trinajstić information content (AvgIpc) is 2.89. The predicted molar refractivity (Wildman–Crippen MR) is 94.6 cm³/mol. The van der Waals surface area contributed by atoms with Gasteiger partial charge in [-0.05, 0) is 50.8 Å². The SMILES string of the molecule is Cc1ccc(Cn2c(C(=O)NC(C)C)cc3c2C(=O)CCC3)cc1. The molecule has 1 aromatic heterocycles. The molecule has 1 aromatic carbocycles. The highest BCUT2D eigenvalue weighted by Gasteiger charge is 2.27. The van der Waals surface area contributed by atoms with Crippen molar-refractivity contribution in [3.8, 4) is 0 Å². The fourth-order valence-electron chi connectivity index (χ4n) is 3.25. The van der Waals surface area contributed by atoms with Gasteiger partial charge < -0.3 is 9.88 Å². The van der Waals surface area contributed by atoms with Gasteiger partial charge in [-0.2, -0.15) is 0 Å². The van der Waals surface area contributed by atoms with E-state index in [0.717, 1.165) is 29.7 Å². The summed E-state index contributed by atoms with van der Waals surface area (Å²) in [6, 6.07) is 10.2. The number of nitrogens with zero attached hydrogens (tertiary/aromatic N) is 1. The first-order chi connectivity index (χ1) is 11.5. The normalized spacial score (nSPS) is 13.9. The Kier molecular flexibility index (Phi) is 4.56. The minimum Gasteiger partial charge on any atom is -0.349 e. The van der Waals surface area contributed by atoms with Crippen molar-refractivity contribution in [1.29, 1.82) is 0 Å². The number of carbonyl (C=O) groups excluding carboxylic acids is 2. The molecule has 1 aliphatic rings. The molecule has 0 bridgehead atoms. The van der Waals surface area contributed by atoms with Crippen LogP contribution in [0.25, 0.3) is 0 Å². The van der Waals surface area contributed by atoms with E-state index in [1.807, 2.05) is 31.4 Å². The minimum atomic E-state index is -0.112. The van der Waals surface area contributed by atoms with Crippen LogP contribution in [0.1, 0.15) is 64.4 Å². The van der Waals surface area contributed by atoms with Gasteiger partial charge in [0.05, 0.1) is 5.69 Å². The van der Waals surface area contributed by atoms with Gasteiger partial charge in [-0.15, -0.1) is 0 Å². The minimum absolute atomic E-state index is 0.0629. The van der Waals surface area contributed by atoms with Crippen LogP contribution in [-0.4, -0.2) is 22.3 Å². The number of aromatic nitrogens is 1. The largest absolute Gasteiger partial charge is 0.349 e. The van der Waals surface area contributed by atoms with Crippen LogP contribution in [0.2, 0.25) is 0 Å². The number of carbonyl (C=O) groups is 2. The van der Waals surface area contributed by atoms with Crippen LogP contribution in [0.5, 0.6) is 0 Å². The number of nitrogens with one attached hydrogen (secondary N) is 1. The molecule has 1 aliphatic carbocycles.